The van der Waals surface area contributed by atoms with E-state index in [9.17, 15) is 0 Å². The topological polar surface area (TPSA) is 25.4 Å². The van der Waals surface area contributed by atoms with Gasteiger partial charge in [0.15, 0.2) is 0 Å². The lowest BCUT2D eigenvalue weighted by Gasteiger charge is -2.22. The lowest BCUT2D eigenvalue weighted by Crippen LogP contribution is -2.13. The summed E-state index contributed by atoms with van der Waals surface area (Å²) >= 11 is 0. The maximum atomic E-state index is 5.76. The molecule has 0 unspecified atom stereocenters. The number of ether oxygens (including phenoxy) is 1. The van der Waals surface area contributed by atoms with E-state index in [2.05, 4.69) is 47.3 Å². The Hall–Kier alpha value is -2.03. The molecule has 0 spiro atoms. The zero-order valence-corrected chi connectivity index (χ0v) is 12.4. The summed E-state index contributed by atoms with van der Waals surface area (Å²) in [5.74, 6) is 2.77. The minimum atomic E-state index is 0.758. The van der Waals surface area contributed by atoms with Crippen LogP contribution in [0, 0.1) is 0 Å². The van der Waals surface area contributed by atoms with Crippen molar-refractivity contribution < 1.29 is 4.74 Å². The minimum Gasteiger partial charge on any atom is -0.493 e. The molecule has 0 saturated heterocycles. The third kappa shape index (κ3) is 2.48. The van der Waals surface area contributed by atoms with E-state index in [1.807, 2.05) is 6.20 Å². The molecule has 1 fully saturated rings. The van der Waals surface area contributed by atoms with Gasteiger partial charge in [-0.3, -0.25) is 0 Å². The van der Waals surface area contributed by atoms with Crippen molar-refractivity contribution in [1.29, 1.82) is 0 Å². The number of rotatable bonds is 3. The second kappa shape index (κ2) is 5.06. The van der Waals surface area contributed by atoms with E-state index in [1.54, 1.807) is 0 Å². The molecule has 3 heteroatoms. The van der Waals surface area contributed by atoms with Crippen LogP contribution < -0.4 is 9.64 Å². The fourth-order valence-electron chi connectivity index (χ4n) is 2.92. The summed E-state index contributed by atoms with van der Waals surface area (Å²) in [7, 11) is 2.06. The van der Waals surface area contributed by atoms with Crippen molar-refractivity contribution in [3.05, 3.63) is 47.7 Å². The van der Waals surface area contributed by atoms with Gasteiger partial charge in [0, 0.05) is 25.0 Å². The summed E-state index contributed by atoms with van der Waals surface area (Å²) in [6.45, 7) is 0.828. The van der Waals surface area contributed by atoms with E-state index in [0.717, 1.165) is 42.6 Å². The summed E-state index contributed by atoms with van der Waals surface area (Å²) in [6, 6.07) is 10.8. The van der Waals surface area contributed by atoms with E-state index in [-0.39, 0.29) is 0 Å². The van der Waals surface area contributed by atoms with E-state index in [1.165, 1.54) is 24.0 Å². The van der Waals surface area contributed by atoms with E-state index >= 15 is 0 Å². The van der Waals surface area contributed by atoms with Crippen LogP contribution in [0.25, 0.3) is 0 Å². The highest BCUT2D eigenvalue weighted by molar-refractivity contribution is 5.62. The van der Waals surface area contributed by atoms with Gasteiger partial charge in [0.2, 0.25) is 0 Å². The first kappa shape index (κ1) is 12.7. The van der Waals surface area contributed by atoms with Crippen LogP contribution in [0.1, 0.15) is 36.3 Å². The number of aromatic nitrogens is 1. The van der Waals surface area contributed by atoms with E-state index < -0.39 is 0 Å². The third-order valence-corrected chi connectivity index (χ3v) is 4.45. The standard InChI is InChI=1S/C18H20N2O/c1-20(18-9-7-15(12-19-18)13-4-5-13)16-8-6-14-3-2-10-21-17(14)11-16/h6-9,11-13H,2-5,10H2,1H3. The predicted octanol–water partition coefficient (Wildman–Crippen LogP) is 4.05. The van der Waals surface area contributed by atoms with Crippen molar-refractivity contribution in [2.24, 2.45) is 0 Å². The lowest BCUT2D eigenvalue weighted by molar-refractivity contribution is 0.288. The Balaban J connectivity index is 1.59. The van der Waals surface area contributed by atoms with Crippen molar-refractivity contribution in [1.82, 2.24) is 4.98 Å². The number of benzene rings is 1. The van der Waals surface area contributed by atoms with Crippen LogP contribution in [0.15, 0.2) is 36.5 Å². The largest absolute Gasteiger partial charge is 0.493 e. The van der Waals surface area contributed by atoms with Crippen molar-refractivity contribution in [3.63, 3.8) is 0 Å². The maximum Gasteiger partial charge on any atom is 0.132 e. The van der Waals surface area contributed by atoms with Crippen molar-refractivity contribution in [2.45, 2.75) is 31.6 Å². The monoisotopic (exact) mass is 280 g/mol. The molecule has 0 N–H and O–H groups in total. The first-order chi connectivity index (χ1) is 10.3. The second-order valence-electron chi connectivity index (χ2n) is 6.03. The van der Waals surface area contributed by atoms with Crippen LogP contribution in [-0.4, -0.2) is 18.6 Å². The lowest BCUT2D eigenvalue weighted by atomic mass is 10.1. The van der Waals surface area contributed by atoms with E-state index in [0.29, 0.717) is 0 Å². The molecular weight excluding hydrogens is 260 g/mol. The summed E-state index contributed by atoms with van der Waals surface area (Å²) < 4.78 is 5.76. The normalized spacial score (nSPS) is 17.0. The molecule has 1 aromatic heterocycles. The van der Waals surface area contributed by atoms with Crippen LogP contribution in [0.3, 0.4) is 0 Å². The molecule has 4 rings (SSSR count). The Morgan fingerprint density at radius 2 is 2.10 bits per heavy atom. The van der Waals surface area contributed by atoms with Gasteiger partial charge >= 0.3 is 0 Å². The highest BCUT2D eigenvalue weighted by Crippen LogP contribution is 2.40. The maximum absolute atomic E-state index is 5.76. The number of hydrogen-bond acceptors (Lipinski definition) is 3. The van der Waals surface area contributed by atoms with Crippen LogP contribution in [0.4, 0.5) is 11.5 Å². The summed E-state index contributed by atoms with van der Waals surface area (Å²) in [6.07, 6.45) is 6.90. The molecule has 0 radical (unpaired) electrons. The van der Waals surface area contributed by atoms with Gasteiger partial charge in [-0.05, 0) is 54.9 Å². The smallest absolute Gasteiger partial charge is 0.132 e. The SMILES string of the molecule is CN(c1ccc2c(c1)OCCC2)c1ccc(C2CC2)cn1. The summed E-state index contributed by atoms with van der Waals surface area (Å²) in [4.78, 5) is 6.73. The Labute approximate surface area is 125 Å². The fourth-order valence-corrected chi connectivity index (χ4v) is 2.92. The van der Waals surface area contributed by atoms with Gasteiger partial charge in [-0.25, -0.2) is 4.98 Å². The highest BCUT2D eigenvalue weighted by Gasteiger charge is 2.23. The van der Waals surface area contributed by atoms with Gasteiger partial charge in [-0.2, -0.15) is 0 Å². The predicted molar refractivity (Wildman–Crippen MR) is 84.5 cm³/mol. The highest BCUT2D eigenvalue weighted by atomic mass is 16.5. The number of pyridine rings is 1. The molecule has 21 heavy (non-hydrogen) atoms. The van der Waals surface area contributed by atoms with Crippen LogP contribution in [0.5, 0.6) is 5.75 Å². The second-order valence-corrected chi connectivity index (χ2v) is 6.03. The van der Waals surface area contributed by atoms with Gasteiger partial charge in [0.25, 0.3) is 0 Å². The molecule has 108 valence electrons. The molecule has 0 amide bonds. The molecule has 1 aromatic carbocycles. The molecule has 0 bridgehead atoms. The van der Waals surface area contributed by atoms with Gasteiger partial charge in [0.1, 0.15) is 11.6 Å². The molecule has 2 aromatic rings. The fraction of sp³-hybridized carbons (Fsp3) is 0.389. The van der Waals surface area contributed by atoms with Crippen LogP contribution in [-0.2, 0) is 6.42 Å². The Bertz CT molecular complexity index is 647. The Morgan fingerprint density at radius 1 is 1.19 bits per heavy atom. The number of anilines is 2. The Morgan fingerprint density at radius 3 is 2.86 bits per heavy atom. The molecule has 3 nitrogen and oxygen atoms in total. The van der Waals surface area contributed by atoms with Gasteiger partial charge in [0.05, 0.1) is 6.61 Å². The average Bonchev–Trinajstić information content (AvgIpc) is 3.39. The quantitative estimate of drug-likeness (QED) is 0.848. The van der Waals surface area contributed by atoms with Gasteiger partial charge < -0.3 is 9.64 Å². The molecule has 1 saturated carbocycles. The van der Waals surface area contributed by atoms with Gasteiger partial charge in [-0.1, -0.05) is 12.1 Å². The van der Waals surface area contributed by atoms with Crippen molar-refractivity contribution in [3.8, 4) is 5.75 Å². The molecular formula is C18H20N2O. The van der Waals surface area contributed by atoms with Crippen LogP contribution in [0.2, 0.25) is 0 Å². The average molecular weight is 280 g/mol. The molecule has 2 aliphatic rings. The number of fused-ring (bicyclic) bond motifs is 1. The van der Waals surface area contributed by atoms with E-state index in [4.69, 9.17) is 4.74 Å². The third-order valence-electron chi connectivity index (χ3n) is 4.45. The first-order valence-electron chi connectivity index (χ1n) is 7.77. The van der Waals surface area contributed by atoms with Gasteiger partial charge in [-0.15, -0.1) is 0 Å². The van der Waals surface area contributed by atoms with Crippen molar-refractivity contribution in [2.75, 3.05) is 18.6 Å². The zero-order valence-electron chi connectivity index (χ0n) is 12.4. The number of hydrogen-bond donors (Lipinski definition) is 0. The molecule has 2 heterocycles. The molecule has 0 atom stereocenters. The first-order valence-corrected chi connectivity index (χ1v) is 7.77. The minimum absolute atomic E-state index is 0.758. The Kier molecular flexibility index (Phi) is 3.06. The summed E-state index contributed by atoms with van der Waals surface area (Å²) in [5, 5.41) is 0. The number of nitrogens with zero attached hydrogens (tertiary/aromatic N) is 2. The number of aryl methyl sites for hydroxylation is 1. The summed E-state index contributed by atoms with van der Waals surface area (Å²) in [5.41, 5.74) is 3.82. The van der Waals surface area contributed by atoms with Crippen molar-refractivity contribution >= 4 is 11.5 Å². The molecule has 1 aliphatic carbocycles. The molecule has 1 aliphatic heterocycles. The van der Waals surface area contributed by atoms with Crippen LogP contribution >= 0.6 is 0 Å². The zero-order chi connectivity index (χ0) is 14.2.